The van der Waals surface area contributed by atoms with Crippen molar-refractivity contribution in [2.24, 2.45) is 0 Å². The molecule has 0 aromatic heterocycles. The number of ether oxygens (including phenoxy) is 2. The molecule has 1 heterocycles. The van der Waals surface area contributed by atoms with Gasteiger partial charge in [-0.25, -0.2) is 0 Å². The largest absolute Gasteiger partial charge is 0.388 e. The molecule has 0 spiro atoms. The number of rotatable bonds is 2. The standard InChI is InChI=1S/C8H12O5/c1-2-3-12-8-7(11)6(10)5(9)4-13-8/h1,5-11H,3-4H2. The monoisotopic (exact) mass is 188 g/mol. The molecule has 1 aliphatic rings. The van der Waals surface area contributed by atoms with Crippen LogP contribution in [0.2, 0.25) is 0 Å². The lowest BCUT2D eigenvalue weighted by atomic mass is 10.1. The summed E-state index contributed by atoms with van der Waals surface area (Å²) in [6.07, 6.45) is 0.363. The third-order valence-electron chi connectivity index (χ3n) is 1.79. The zero-order chi connectivity index (χ0) is 9.84. The molecule has 1 fully saturated rings. The predicted molar refractivity (Wildman–Crippen MR) is 42.5 cm³/mol. The topological polar surface area (TPSA) is 79.2 Å². The summed E-state index contributed by atoms with van der Waals surface area (Å²) in [5.74, 6) is 2.20. The lowest BCUT2D eigenvalue weighted by molar-refractivity contribution is -0.266. The fourth-order valence-electron chi connectivity index (χ4n) is 1.06. The number of hydrogen-bond donors (Lipinski definition) is 3. The Morgan fingerprint density at radius 3 is 2.69 bits per heavy atom. The molecule has 1 rings (SSSR count). The van der Waals surface area contributed by atoms with Crippen molar-refractivity contribution in [1.29, 1.82) is 0 Å². The Balaban J connectivity index is 2.45. The molecule has 5 heteroatoms. The molecule has 1 aliphatic heterocycles. The minimum atomic E-state index is -1.27. The molecule has 1 saturated heterocycles. The first-order chi connectivity index (χ1) is 6.16. The number of terminal acetylenes is 1. The van der Waals surface area contributed by atoms with E-state index < -0.39 is 24.6 Å². The minimum Gasteiger partial charge on any atom is -0.388 e. The molecular weight excluding hydrogens is 176 g/mol. The van der Waals surface area contributed by atoms with Gasteiger partial charge >= 0.3 is 0 Å². The summed E-state index contributed by atoms with van der Waals surface area (Å²) >= 11 is 0. The molecule has 0 aliphatic carbocycles. The second-order valence-electron chi connectivity index (χ2n) is 2.77. The van der Waals surface area contributed by atoms with Gasteiger partial charge in [0.25, 0.3) is 0 Å². The highest BCUT2D eigenvalue weighted by atomic mass is 16.7. The molecule has 0 amide bonds. The summed E-state index contributed by atoms with van der Waals surface area (Å²) in [7, 11) is 0. The highest BCUT2D eigenvalue weighted by Gasteiger charge is 2.37. The van der Waals surface area contributed by atoms with Crippen LogP contribution in [-0.4, -0.2) is 53.1 Å². The fraction of sp³-hybridized carbons (Fsp3) is 0.750. The van der Waals surface area contributed by atoms with Crippen molar-refractivity contribution in [3.8, 4) is 12.3 Å². The molecule has 0 radical (unpaired) electrons. The van der Waals surface area contributed by atoms with Crippen molar-refractivity contribution in [2.75, 3.05) is 13.2 Å². The van der Waals surface area contributed by atoms with E-state index in [9.17, 15) is 10.2 Å². The van der Waals surface area contributed by atoms with Gasteiger partial charge in [0.05, 0.1) is 6.61 Å². The molecule has 74 valence electrons. The molecule has 13 heavy (non-hydrogen) atoms. The summed E-state index contributed by atoms with van der Waals surface area (Å²) in [6.45, 7) is -0.0853. The van der Waals surface area contributed by atoms with Gasteiger partial charge in [0.1, 0.15) is 24.9 Å². The fourth-order valence-corrected chi connectivity index (χ4v) is 1.06. The highest BCUT2D eigenvalue weighted by Crippen LogP contribution is 2.15. The first kappa shape index (κ1) is 10.4. The average molecular weight is 188 g/mol. The second kappa shape index (κ2) is 4.56. The Morgan fingerprint density at radius 1 is 1.38 bits per heavy atom. The second-order valence-corrected chi connectivity index (χ2v) is 2.77. The Bertz CT molecular complexity index is 199. The molecule has 0 saturated carbocycles. The van der Waals surface area contributed by atoms with Crippen LogP contribution in [0.5, 0.6) is 0 Å². The minimum absolute atomic E-state index is 0.00938. The van der Waals surface area contributed by atoms with Gasteiger partial charge in [-0.2, -0.15) is 0 Å². The van der Waals surface area contributed by atoms with Crippen LogP contribution in [0, 0.1) is 12.3 Å². The van der Waals surface area contributed by atoms with Gasteiger partial charge in [-0.15, -0.1) is 6.42 Å². The van der Waals surface area contributed by atoms with Crippen LogP contribution < -0.4 is 0 Å². The zero-order valence-electron chi connectivity index (χ0n) is 6.96. The number of aliphatic hydroxyl groups is 3. The average Bonchev–Trinajstić information content (AvgIpc) is 2.13. The number of aliphatic hydroxyl groups excluding tert-OH is 3. The molecule has 3 N–H and O–H groups in total. The lowest BCUT2D eigenvalue weighted by Crippen LogP contribution is -2.53. The van der Waals surface area contributed by atoms with E-state index in [-0.39, 0.29) is 13.2 Å². The molecule has 4 unspecified atom stereocenters. The third-order valence-corrected chi connectivity index (χ3v) is 1.79. The Hall–Kier alpha value is -0.640. The Kier molecular flexibility index (Phi) is 3.66. The van der Waals surface area contributed by atoms with E-state index in [4.69, 9.17) is 21.0 Å². The highest BCUT2D eigenvalue weighted by molar-refractivity contribution is 4.86. The summed E-state index contributed by atoms with van der Waals surface area (Å²) in [6, 6.07) is 0. The smallest absolute Gasteiger partial charge is 0.187 e. The van der Waals surface area contributed by atoms with Crippen LogP contribution in [0.1, 0.15) is 0 Å². The Labute approximate surface area is 75.9 Å². The van der Waals surface area contributed by atoms with E-state index in [1.165, 1.54) is 0 Å². The van der Waals surface area contributed by atoms with Crippen molar-refractivity contribution < 1.29 is 24.8 Å². The van der Waals surface area contributed by atoms with Crippen LogP contribution >= 0.6 is 0 Å². The van der Waals surface area contributed by atoms with Crippen LogP contribution in [0.3, 0.4) is 0 Å². The molecule has 5 nitrogen and oxygen atoms in total. The van der Waals surface area contributed by atoms with E-state index in [0.717, 1.165) is 0 Å². The molecule has 0 aromatic carbocycles. The van der Waals surface area contributed by atoms with E-state index >= 15 is 0 Å². The summed E-state index contributed by atoms with van der Waals surface area (Å²) < 4.78 is 9.78. The van der Waals surface area contributed by atoms with E-state index in [1.807, 2.05) is 0 Å². The van der Waals surface area contributed by atoms with Gasteiger partial charge in [-0.05, 0) is 0 Å². The van der Waals surface area contributed by atoms with Gasteiger partial charge in [0.2, 0.25) is 0 Å². The lowest BCUT2D eigenvalue weighted by Gasteiger charge is -2.34. The van der Waals surface area contributed by atoms with Crippen LogP contribution in [0.25, 0.3) is 0 Å². The summed E-state index contributed by atoms with van der Waals surface area (Å²) in [5, 5.41) is 27.6. The maximum absolute atomic E-state index is 9.31. The van der Waals surface area contributed by atoms with Crippen molar-refractivity contribution in [3.05, 3.63) is 0 Å². The van der Waals surface area contributed by atoms with Gasteiger partial charge in [0.15, 0.2) is 6.29 Å². The van der Waals surface area contributed by atoms with Crippen LogP contribution in [-0.2, 0) is 9.47 Å². The van der Waals surface area contributed by atoms with Crippen molar-refractivity contribution >= 4 is 0 Å². The summed E-state index contributed by atoms with van der Waals surface area (Å²) in [5.41, 5.74) is 0. The van der Waals surface area contributed by atoms with Gasteiger partial charge in [-0.3, -0.25) is 0 Å². The van der Waals surface area contributed by atoms with Gasteiger partial charge < -0.3 is 24.8 Å². The van der Waals surface area contributed by atoms with Crippen molar-refractivity contribution in [2.45, 2.75) is 24.6 Å². The molecule has 4 atom stereocenters. The van der Waals surface area contributed by atoms with Gasteiger partial charge in [-0.1, -0.05) is 5.92 Å². The van der Waals surface area contributed by atoms with Crippen LogP contribution in [0.4, 0.5) is 0 Å². The quantitative estimate of drug-likeness (QED) is 0.440. The first-order valence-corrected chi connectivity index (χ1v) is 3.87. The zero-order valence-corrected chi connectivity index (χ0v) is 6.96. The molecular formula is C8H12O5. The molecule has 0 bridgehead atoms. The summed E-state index contributed by atoms with van der Waals surface area (Å²) in [4.78, 5) is 0. The van der Waals surface area contributed by atoms with Crippen LogP contribution in [0.15, 0.2) is 0 Å². The van der Waals surface area contributed by atoms with E-state index in [0.29, 0.717) is 0 Å². The normalized spacial score (nSPS) is 39.8. The molecule has 0 aromatic rings. The number of hydrogen-bond acceptors (Lipinski definition) is 5. The van der Waals surface area contributed by atoms with Crippen molar-refractivity contribution in [1.82, 2.24) is 0 Å². The maximum Gasteiger partial charge on any atom is 0.187 e. The Morgan fingerprint density at radius 2 is 2.08 bits per heavy atom. The van der Waals surface area contributed by atoms with E-state index in [2.05, 4.69) is 5.92 Å². The van der Waals surface area contributed by atoms with Gasteiger partial charge in [0, 0.05) is 0 Å². The maximum atomic E-state index is 9.31. The van der Waals surface area contributed by atoms with Crippen molar-refractivity contribution in [3.63, 3.8) is 0 Å². The SMILES string of the molecule is C#CCOC1OCC(O)C(O)C1O. The third kappa shape index (κ3) is 2.40. The first-order valence-electron chi connectivity index (χ1n) is 3.87. The predicted octanol–water partition coefficient (Wildman–Crippen LogP) is -1.92. The van der Waals surface area contributed by atoms with E-state index in [1.54, 1.807) is 0 Å².